The van der Waals surface area contributed by atoms with Crippen molar-refractivity contribution in [1.82, 2.24) is 0 Å². The van der Waals surface area contributed by atoms with Crippen molar-refractivity contribution in [3.05, 3.63) is 48.6 Å². The molecule has 45 heavy (non-hydrogen) atoms. The van der Waals surface area contributed by atoms with Crippen LogP contribution in [0, 0.1) is 0 Å². The zero-order valence-electron chi connectivity index (χ0n) is 26.1. The molecule has 0 heterocycles. The van der Waals surface area contributed by atoms with Gasteiger partial charge in [0, 0.05) is 13.3 Å². The minimum absolute atomic E-state index is 0.0619. The molecule has 6 atom stereocenters. The predicted octanol–water partition coefficient (Wildman–Crippen LogP) is 2.93. The molecule has 1 saturated carbocycles. The SMILES string of the molecule is CC/C=C\C/C=C\C/C=C\C/C=C\CCCCCCC(=O)OC(COC(C)=O)COP(=O)(O)OC1C(O)C(O)C(O)C(O)C1O. The summed E-state index contributed by atoms with van der Waals surface area (Å²) < 4.78 is 32.1. The lowest BCUT2D eigenvalue weighted by atomic mass is 9.85. The summed E-state index contributed by atoms with van der Waals surface area (Å²) in [4.78, 5) is 33.6. The quantitative estimate of drug-likeness (QED) is 0.0427. The summed E-state index contributed by atoms with van der Waals surface area (Å²) in [5, 5.41) is 49.2. The van der Waals surface area contributed by atoms with Crippen LogP contribution >= 0.6 is 7.82 Å². The molecule has 0 saturated heterocycles. The first kappa shape index (κ1) is 40.8. The summed E-state index contributed by atoms with van der Waals surface area (Å²) in [6.07, 6.45) is 12.0. The first-order valence-corrected chi connectivity index (χ1v) is 16.9. The van der Waals surface area contributed by atoms with Crippen molar-refractivity contribution in [3.8, 4) is 0 Å². The van der Waals surface area contributed by atoms with Gasteiger partial charge in [-0.1, -0.05) is 68.4 Å². The van der Waals surface area contributed by atoms with Crippen LogP contribution in [0.3, 0.4) is 0 Å². The number of ether oxygens (including phenoxy) is 2. The van der Waals surface area contributed by atoms with Crippen molar-refractivity contribution in [2.45, 2.75) is 121 Å². The number of carbonyl (C=O) groups excluding carboxylic acids is 2. The fraction of sp³-hybridized carbons (Fsp3) is 0.677. The zero-order chi connectivity index (χ0) is 33.7. The van der Waals surface area contributed by atoms with E-state index in [4.69, 9.17) is 18.5 Å². The second-order valence-electron chi connectivity index (χ2n) is 10.7. The minimum atomic E-state index is -5.08. The van der Waals surface area contributed by atoms with E-state index >= 15 is 0 Å². The number of esters is 2. The van der Waals surface area contributed by atoms with E-state index in [1.807, 2.05) is 0 Å². The van der Waals surface area contributed by atoms with E-state index in [9.17, 15) is 44.6 Å². The Hall–Kier alpha value is -2.19. The van der Waals surface area contributed by atoms with Gasteiger partial charge in [0.25, 0.3) is 0 Å². The highest BCUT2D eigenvalue weighted by Crippen LogP contribution is 2.47. The highest BCUT2D eigenvalue weighted by molar-refractivity contribution is 7.47. The van der Waals surface area contributed by atoms with E-state index in [1.54, 1.807) is 0 Å². The Bertz CT molecular complexity index is 995. The number of hydrogen-bond donors (Lipinski definition) is 6. The maximum atomic E-state index is 12.4. The van der Waals surface area contributed by atoms with Crippen molar-refractivity contribution in [1.29, 1.82) is 0 Å². The lowest BCUT2D eigenvalue weighted by Gasteiger charge is -2.41. The van der Waals surface area contributed by atoms with Gasteiger partial charge < -0.3 is 39.9 Å². The van der Waals surface area contributed by atoms with Gasteiger partial charge in [0.05, 0.1) is 6.61 Å². The maximum absolute atomic E-state index is 12.4. The number of phosphoric ester groups is 1. The van der Waals surface area contributed by atoms with Gasteiger partial charge in [-0.15, -0.1) is 0 Å². The van der Waals surface area contributed by atoms with Crippen molar-refractivity contribution in [2.75, 3.05) is 13.2 Å². The normalized spacial score (nSPS) is 26.1. The summed E-state index contributed by atoms with van der Waals surface area (Å²) in [6, 6.07) is 0. The molecule has 0 aromatic heterocycles. The molecule has 0 radical (unpaired) electrons. The Morgan fingerprint density at radius 2 is 1.24 bits per heavy atom. The summed E-state index contributed by atoms with van der Waals surface area (Å²) in [6.45, 7) is 2.00. The molecule has 13 nitrogen and oxygen atoms in total. The minimum Gasteiger partial charge on any atom is -0.462 e. The molecule has 1 aliphatic rings. The molecular formula is C31H51O13P. The average Bonchev–Trinajstić information content (AvgIpc) is 3.00. The zero-order valence-corrected chi connectivity index (χ0v) is 27.0. The molecule has 6 N–H and O–H groups in total. The monoisotopic (exact) mass is 662 g/mol. The van der Waals surface area contributed by atoms with Crippen molar-refractivity contribution in [3.63, 3.8) is 0 Å². The van der Waals surface area contributed by atoms with Gasteiger partial charge in [-0.25, -0.2) is 4.57 Å². The predicted molar refractivity (Wildman–Crippen MR) is 166 cm³/mol. The summed E-state index contributed by atoms with van der Waals surface area (Å²) in [5.41, 5.74) is 0. The first-order valence-electron chi connectivity index (χ1n) is 15.4. The third kappa shape index (κ3) is 17.9. The number of aliphatic hydroxyl groups is 5. The second-order valence-corrected chi connectivity index (χ2v) is 12.1. The van der Waals surface area contributed by atoms with E-state index in [2.05, 4.69) is 55.5 Å². The molecule has 1 aliphatic carbocycles. The Morgan fingerprint density at radius 3 is 1.80 bits per heavy atom. The lowest BCUT2D eigenvalue weighted by molar-refractivity contribution is -0.220. The number of carbonyl (C=O) groups is 2. The van der Waals surface area contributed by atoms with Crippen LogP contribution in [0.1, 0.15) is 78.1 Å². The standard InChI is InChI=1S/C31H51O13P/c1-3-4-5-6-7-8-9-10-11-12-13-14-15-16-17-18-19-20-25(33)43-24(21-41-23(2)32)22-42-45(39,40)44-31-29(37)27(35)26(34)28(36)30(31)38/h4-5,7-8,10-11,13-14,24,26-31,34-38H,3,6,9,12,15-22H2,1-2H3,(H,39,40)/b5-4-,8-7-,11-10-,14-13-. The molecule has 258 valence electrons. The molecule has 1 rings (SSSR count). The third-order valence-corrected chi connectivity index (χ3v) is 7.73. The molecule has 0 amide bonds. The third-order valence-electron chi connectivity index (χ3n) is 6.74. The average molecular weight is 663 g/mol. The molecule has 14 heteroatoms. The van der Waals surface area contributed by atoms with Crippen LogP contribution in [0.15, 0.2) is 48.6 Å². The summed E-state index contributed by atoms with van der Waals surface area (Å²) in [7, 11) is -5.08. The van der Waals surface area contributed by atoms with E-state index in [0.29, 0.717) is 6.42 Å². The smallest absolute Gasteiger partial charge is 0.462 e. The van der Waals surface area contributed by atoms with Crippen LogP contribution in [0.25, 0.3) is 0 Å². The van der Waals surface area contributed by atoms with E-state index < -0.39 is 75.7 Å². The maximum Gasteiger partial charge on any atom is 0.472 e. The summed E-state index contributed by atoms with van der Waals surface area (Å²) in [5.74, 6) is -1.33. The Labute approximate surface area is 265 Å². The fourth-order valence-corrected chi connectivity index (χ4v) is 5.21. The lowest BCUT2D eigenvalue weighted by Crippen LogP contribution is -2.64. The fourth-order valence-electron chi connectivity index (χ4n) is 4.24. The Balaban J connectivity index is 2.36. The molecule has 6 unspecified atom stereocenters. The van der Waals surface area contributed by atoms with Gasteiger partial charge in [0.1, 0.15) is 43.2 Å². The highest BCUT2D eigenvalue weighted by Gasteiger charge is 2.51. The Kier molecular flexibility index (Phi) is 21.0. The van der Waals surface area contributed by atoms with Gasteiger partial charge in [-0.2, -0.15) is 0 Å². The molecular weight excluding hydrogens is 611 g/mol. The topological polar surface area (TPSA) is 210 Å². The number of hydrogen-bond acceptors (Lipinski definition) is 12. The van der Waals surface area contributed by atoms with Crippen LogP contribution in [0.4, 0.5) is 0 Å². The molecule has 0 bridgehead atoms. The van der Waals surface area contributed by atoms with Gasteiger partial charge in [0.2, 0.25) is 0 Å². The molecule has 0 aromatic rings. The van der Waals surface area contributed by atoms with E-state index in [0.717, 1.165) is 58.3 Å². The van der Waals surface area contributed by atoms with Gasteiger partial charge in [-0.05, 0) is 44.9 Å². The Morgan fingerprint density at radius 1 is 0.733 bits per heavy atom. The highest BCUT2D eigenvalue weighted by atomic mass is 31.2. The van der Waals surface area contributed by atoms with Crippen molar-refractivity contribution >= 4 is 19.8 Å². The number of phosphoric acid groups is 1. The molecule has 0 spiro atoms. The largest absolute Gasteiger partial charge is 0.472 e. The van der Waals surface area contributed by atoms with Gasteiger partial charge in [-0.3, -0.25) is 18.6 Å². The van der Waals surface area contributed by atoms with Crippen molar-refractivity contribution in [2.24, 2.45) is 0 Å². The number of unbranched alkanes of at least 4 members (excludes halogenated alkanes) is 4. The van der Waals surface area contributed by atoms with Gasteiger partial charge in [0.15, 0.2) is 6.10 Å². The van der Waals surface area contributed by atoms with Crippen LogP contribution in [0.5, 0.6) is 0 Å². The molecule has 0 aliphatic heterocycles. The van der Waals surface area contributed by atoms with E-state index in [-0.39, 0.29) is 6.42 Å². The number of rotatable bonds is 22. The second kappa shape index (κ2) is 23.2. The molecule has 0 aromatic carbocycles. The number of aliphatic hydroxyl groups excluding tert-OH is 5. The number of allylic oxidation sites excluding steroid dienone is 8. The van der Waals surface area contributed by atoms with Crippen LogP contribution in [-0.2, 0) is 32.7 Å². The first-order chi connectivity index (χ1) is 21.4. The van der Waals surface area contributed by atoms with Crippen molar-refractivity contribution < 1.29 is 63.1 Å². The van der Waals surface area contributed by atoms with Crippen LogP contribution in [-0.4, -0.2) is 98.3 Å². The van der Waals surface area contributed by atoms with E-state index in [1.165, 1.54) is 0 Å². The van der Waals surface area contributed by atoms with Crippen LogP contribution < -0.4 is 0 Å². The summed E-state index contributed by atoms with van der Waals surface area (Å²) >= 11 is 0. The van der Waals surface area contributed by atoms with Gasteiger partial charge >= 0.3 is 19.8 Å². The van der Waals surface area contributed by atoms with Crippen LogP contribution in [0.2, 0.25) is 0 Å². The molecule has 1 fully saturated rings.